The molecule has 0 spiro atoms. The van der Waals surface area contributed by atoms with Crippen molar-refractivity contribution < 1.29 is 4.79 Å². The molecule has 1 aliphatic rings. The van der Waals surface area contributed by atoms with Crippen molar-refractivity contribution >= 4 is 38.4 Å². The molecule has 0 saturated heterocycles. The molecule has 1 aliphatic carbocycles. The smallest absolute Gasteiger partial charge is 0.270 e. The highest BCUT2D eigenvalue weighted by molar-refractivity contribution is 7.18. The summed E-state index contributed by atoms with van der Waals surface area (Å²) in [5, 5.41) is 5.92. The lowest BCUT2D eigenvalue weighted by Crippen LogP contribution is -2.46. The summed E-state index contributed by atoms with van der Waals surface area (Å²) in [7, 11) is 0. The number of hydrogen-bond donors (Lipinski definition) is 2. The summed E-state index contributed by atoms with van der Waals surface area (Å²) in [5.74, 6) is 0.107. The Morgan fingerprint density at radius 1 is 1.19 bits per heavy atom. The first-order chi connectivity index (χ1) is 15.2. The van der Waals surface area contributed by atoms with E-state index in [-0.39, 0.29) is 11.9 Å². The van der Waals surface area contributed by atoms with E-state index in [1.165, 1.54) is 4.70 Å². The van der Waals surface area contributed by atoms with Crippen LogP contribution in [0.25, 0.3) is 21.1 Å². The Labute approximate surface area is 186 Å². The van der Waals surface area contributed by atoms with E-state index < -0.39 is 0 Å². The van der Waals surface area contributed by atoms with Gasteiger partial charge >= 0.3 is 0 Å². The highest BCUT2D eigenvalue weighted by atomic mass is 32.1. The number of H-pyrrole nitrogens is 1. The van der Waals surface area contributed by atoms with Crippen molar-refractivity contribution in [3.63, 3.8) is 0 Å². The molecule has 2 N–H and O–H groups in total. The third-order valence-electron chi connectivity index (χ3n) is 6.33. The minimum absolute atomic E-state index is 0.107. The van der Waals surface area contributed by atoms with Gasteiger partial charge in [0.1, 0.15) is 10.7 Å². The molecule has 1 fully saturated rings. The molecule has 0 unspecified atom stereocenters. The Morgan fingerprint density at radius 2 is 2.03 bits per heavy atom. The fourth-order valence-corrected chi connectivity index (χ4v) is 5.69. The number of carbonyl (C=O) groups excluding carboxylic acids is 1. The Hall–Kier alpha value is -2.70. The fourth-order valence-electron chi connectivity index (χ4n) is 4.77. The van der Waals surface area contributed by atoms with Crippen molar-refractivity contribution in [2.24, 2.45) is 0 Å². The number of amides is 1. The number of nitrogens with one attached hydrogen (secondary N) is 2. The first kappa shape index (κ1) is 20.2. The van der Waals surface area contributed by atoms with Crippen LogP contribution in [0.5, 0.6) is 0 Å². The standard InChI is InChI=1S/C25H28N4OS/c1-2-29(25(30)22-14-17-8-3-4-11-20(17)27-22)19-10-7-9-18(15-19)26-16-24-28-21-12-5-6-13-23(21)31-24/h3-6,8,11-14,18-19,26-27H,2,7,9-10,15-16H2,1H3/t18-,19+/m1/s1. The van der Waals surface area contributed by atoms with Crippen molar-refractivity contribution in [2.45, 2.75) is 51.2 Å². The molecule has 5 nitrogen and oxygen atoms in total. The van der Waals surface area contributed by atoms with Crippen molar-refractivity contribution in [1.82, 2.24) is 20.2 Å². The van der Waals surface area contributed by atoms with Crippen LogP contribution in [-0.4, -0.2) is 39.4 Å². The minimum Gasteiger partial charge on any atom is -0.351 e. The quantitative estimate of drug-likeness (QED) is 0.432. The zero-order chi connectivity index (χ0) is 21.2. The molecule has 0 bridgehead atoms. The Bertz CT molecular complexity index is 1130. The molecule has 0 aliphatic heterocycles. The first-order valence-corrected chi connectivity index (χ1v) is 12.0. The molecular weight excluding hydrogens is 404 g/mol. The van der Waals surface area contributed by atoms with Crippen LogP contribution in [0.15, 0.2) is 54.6 Å². The average Bonchev–Trinajstić information content (AvgIpc) is 3.42. The van der Waals surface area contributed by atoms with Crippen LogP contribution in [0.2, 0.25) is 0 Å². The average molecular weight is 433 g/mol. The summed E-state index contributed by atoms with van der Waals surface area (Å²) in [6, 6.07) is 19.0. The molecule has 6 heteroatoms. The van der Waals surface area contributed by atoms with E-state index in [2.05, 4.69) is 40.3 Å². The highest BCUT2D eigenvalue weighted by Gasteiger charge is 2.30. The Balaban J connectivity index is 1.25. The fraction of sp³-hybridized carbons (Fsp3) is 0.360. The monoisotopic (exact) mass is 432 g/mol. The molecule has 2 heterocycles. The van der Waals surface area contributed by atoms with Gasteiger partial charge in [0.25, 0.3) is 5.91 Å². The van der Waals surface area contributed by atoms with Crippen LogP contribution in [0.4, 0.5) is 0 Å². The second-order valence-corrected chi connectivity index (χ2v) is 9.45. The molecule has 2 aromatic carbocycles. The maximum absolute atomic E-state index is 13.3. The Morgan fingerprint density at radius 3 is 2.87 bits per heavy atom. The van der Waals surface area contributed by atoms with Crippen molar-refractivity contribution in [2.75, 3.05) is 6.54 Å². The third-order valence-corrected chi connectivity index (χ3v) is 7.37. The second kappa shape index (κ2) is 8.81. The van der Waals surface area contributed by atoms with Crippen molar-refractivity contribution in [3.05, 3.63) is 65.3 Å². The summed E-state index contributed by atoms with van der Waals surface area (Å²) in [4.78, 5) is 23.4. The number of benzene rings is 2. The Kier molecular flexibility index (Phi) is 5.74. The van der Waals surface area contributed by atoms with E-state index in [1.54, 1.807) is 11.3 Å². The molecule has 4 aromatic rings. The number of nitrogens with zero attached hydrogens (tertiary/aromatic N) is 2. The molecule has 1 saturated carbocycles. The van der Waals surface area contributed by atoms with E-state index in [1.807, 2.05) is 36.4 Å². The highest BCUT2D eigenvalue weighted by Crippen LogP contribution is 2.27. The van der Waals surface area contributed by atoms with Gasteiger partial charge < -0.3 is 15.2 Å². The van der Waals surface area contributed by atoms with Crippen LogP contribution in [0.1, 0.15) is 48.1 Å². The summed E-state index contributed by atoms with van der Waals surface area (Å²) in [6.07, 6.45) is 4.35. The lowest BCUT2D eigenvalue weighted by atomic mass is 9.89. The summed E-state index contributed by atoms with van der Waals surface area (Å²) in [5.41, 5.74) is 2.78. The van der Waals surface area contributed by atoms with E-state index in [4.69, 9.17) is 4.98 Å². The lowest BCUT2D eigenvalue weighted by Gasteiger charge is -2.37. The topological polar surface area (TPSA) is 61.0 Å². The number of hydrogen-bond acceptors (Lipinski definition) is 4. The summed E-state index contributed by atoms with van der Waals surface area (Å²) < 4.78 is 1.24. The SMILES string of the molecule is CCN(C(=O)c1cc2ccccc2[nH]1)[C@H]1CCC[C@@H](NCc2nc3ccccc3s2)C1. The number of carbonyl (C=O) groups is 1. The minimum atomic E-state index is 0.107. The van der Waals surface area contributed by atoms with E-state index >= 15 is 0 Å². The molecule has 5 rings (SSSR count). The first-order valence-electron chi connectivity index (χ1n) is 11.2. The molecule has 0 radical (unpaired) electrons. The molecular formula is C25H28N4OS. The van der Waals surface area contributed by atoms with Crippen LogP contribution in [0.3, 0.4) is 0 Å². The van der Waals surface area contributed by atoms with Gasteiger partial charge in [0.05, 0.1) is 10.2 Å². The molecule has 1 amide bonds. The van der Waals surface area contributed by atoms with Crippen LogP contribution >= 0.6 is 11.3 Å². The lowest BCUT2D eigenvalue weighted by molar-refractivity contribution is 0.0623. The number of para-hydroxylation sites is 2. The van der Waals surface area contributed by atoms with Gasteiger partial charge in [-0.3, -0.25) is 4.79 Å². The number of rotatable bonds is 6. The predicted octanol–water partition coefficient (Wildman–Crippen LogP) is 5.34. The van der Waals surface area contributed by atoms with Gasteiger partial charge in [-0.2, -0.15) is 0 Å². The molecule has 2 atom stereocenters. The van der Waals surface area contributed by atoms with Gasteiger partial charge in [-0.05, 0) is 56.9 Å². The maximum atomic E-state index is 13.3. The van der Waals surface area contributed by atoms with Crippen molar-refractivity contribution in [3.8, 4) is 0 Å². The molecule has 160 valence electrons. The van der Waals surface area contributed by atoms with Crippen LogP contribution < -0.4 is 5.32 Å². The molecule has 31 heavy (non-hydrogen) atoms. The van der Waals surface area contributed by atoms with Gasteiger partial charge in [0, 0.05) is 36.1 Å². The van der Waals surface area contributed by atoms with Crippen LogP contribution in [0, 0.1) is 0 Å². The zero-order valence-electron chi connectivity index (χ0n) is 17.8. The number of fused-ring (bicyclic) bond motifs is 2. The summed E-state index contributed by atoms with van der Waals surface area (Å²) >= 11 is 1.76. The normalized spacial score (nSPS) is 19.1. The number of aromatic amines is 1. The van der Waals surface area contributed by atoms with Gasteiger partial charge in [-0.15, -0.1) is 11.3 Å². The van der Waals surface area contributed by atoms with Crippen molar-refractivity contribution in [1.29, 1.82) is 0 Å². The number of thiazole rings is 1. The maximum Gasteiger partial charge on any atom is 0.270 e. The van der Waals surface area contributed by atoms with Gasteiger partial charge in [-0.25, -0.2) is 4.98 Å². The zero-order valence-corrected chi connectivity index (χ0v) is 18.6. The summed E-state index contributed by atoms with van der Waals surface area (Å²) in [6.45, 7) is 3.60. The molecule has 2 aromatic heterocycles. The van der Waals surface area contributed by atoms with E-state index in [0.717, 1.165) is 60.2 Å². The van der Waals surface area contributed by atoms with Gasteiger partial charge in [-0.1, -0.05) is 30.3 Å². The van der Waals surface area contributed by atoms with Gasteiger partial charge in [0.2, 0.25) is 0 Å². The third kappa shape index (κ3) is 4.23. The van der Waals surface area contributed by atoms with Gasteiger partial charge in [0.15, 0.2) is 0 Å². The van der Waals surface area contributed by atoms with E-state index in [9.17, 15) is 4.79 Å². The largest absolute Gasteiger partial charge is 0.351 e. The predicted molar refractivity (Wildman–Crippen MR) is 128 cm³/mol. The van der Waals surface area contributed by atoms with Crippen LogP contribution in [-0.2, 0) is 6.54 Å². The second-order valence-electron chi connectivity index (χ2n) is 8.34. The number of aromatic nitrogens is 2. The van der Waals surface area contributed by atoms with E-state index in [0.29, 0.717) is 11.7 Å².